The molecule has 20 heavy (non-hydrogen) atoms. The minimum atomic E-state index is 0.0795. The maximum atomic E-state index is 12.4. The van der Waals surface area contributed by atoms with Gasteiger partial charge in [-0.15, -0.1) is 0 Å². The van der Waals surface area contributed by atoms with E-state index in [1.807, 2.05) is 18.2 Å². The first-order valence-electron chi connectivity index (χ1n) is 6.75. The summed E-state index contributed by atoms with van der Waals surface area (Å²) >= 11 is 3.45. The van der Waals surface area contributed by atoms with Crippen molar-refractivity contribution in [2.75, 3.05) is 33.5 Å². The van der Waals surface area contributed by atoms with Crippen molar-refractivity contribution in [2.24, 2.45) is 5.92 Å². The molecule has 1 aliphatic heterocycles. The molecular formula is C15H19BrO4. The molecule has 1 aliphatic rings. The number of benzene rings is 1. The molecule has 0 saturated carbocycles. The van der Waals surface area contributed by atoms with Gasteiger partial charge in [-0.1, -0.05) is 0 Å². The third-order valence-corrected chi connectivity index (χ3v) is 3.97. The van der Waals surface area contributed by atoms with E-state index in [0.717, 1.165) is 28.6 Å². The third kappa shape index (κ3) is 4.04. The third-order valence-electron chi connectivity index (χ3n) is 3.35. The molecule has 5 heteroatoms. The van der Waals surface area contributed by atoms with Gasteiger partial charge < -0.3 is 14.2 Å². The Balaban J connectivity index is 2.02. The standard InChI is InChI=1S/C15H19BrO4/c1-18-8-9-20-14-3-2-12(10-13(14)16)15(17)11-4-6-19-7-5-11/h2-3,10-11H,4-9H2,1H3. The number of Topliss-reactive ketones (excluding diaryl/α,β-unsaturated/α-hetero) is 1. The van der Waals surface area contributed by atoms with E-state index >= 15 is 0 Å². The molecule has 110 valence electrons. The van der Waals surface area contributed by atoms with E-state index in [-0.39, 0.29) is 11.7 Å². The highest BCUT2D eigenvalue weighted by Crippen LogP contribution is 2.28. The van der Waals surface area contributed by atoms with Crippen LogP contribution in [0.1, 0.15) is 23.2 Å². The monoisotopic (exact) mass is 342 g/mol. The fourth-order valence-corrected chi connectivity index (χ4v) is 2.69. The van der Waals surface area contributed by atoms with Crippen molar-refractivity contribution in [3.05, 3.63) is 28.2 Å². The Morgan fingerprint density at radius 2 is 2.10 bits per heavy atom. The molecule has 1 aromatic carbocycles. The Hall–Kier alpha value is -0.910. The van der Waals surface area contributed by atoms with Crippen LogP contribution in [0.5, 0.6) is 5.75 Å². The predicted octanol–water partition coefficient (Wildman–Crippen LogP) is 3.08. The summed E-state index contributed by atoms with van der Waals surface area (Å²) in [5.74, 6) is 0.999. The topological polar surface area (TPSA) is 44.8 Å². The van der Waals surface area contributed by atoms with Crippen LogP contribution >= 0.6 is 15.9 Å². The van der Waals surface area contributed by atoms with Crippen LogP contribution < -0.4 is 4.74 Å². The van der Waals surface area contributed by atoms with E-state index < -0.39 is 0 Å². The molecule has 0 unspecified atom stereocenters. The van der Waals surface area contributed by atoms with Crippen molar-refractivity contribution in [2.45, 2.75) is 12.8 Å². The van der Waals surface area contributed by atoms with Crippen LogP contribution in [-0.4, -0.2) is 39.3 Å². The zero-order valence-electron chi connectivity index (χ0n) is 11.6. The maximum absolute atomic E-state index is 12.4. The normalized spacial score (nSPS) is 16.1. The minimum absolute atomic E-state index is 0.0795. The van der Waals surface area contributed by atoms with Crippen molar-refractivity contribution in [1.82, 2.24) is 0 Å². The highest BCUT2D eigenvalue weighted by atomic mass is 79.9. The molecule has 2 rings (SSSR count). The van der Waals surface area contributed by atoms with Crippen molar-refractivity contribution in [1.29, 1.82) is 0 Å². The van der Waals surface area contributed by atoms with Crippen LogP contribution in [0.2, 0.25) is 0 Å². The highest BCUT2D eigenvalue weighted by molar-refractivity contribution is 9.10. The number of ether oxygens (including phenoxy) is 3. The molecule has 1 aromatic rings. The van der Waals surface area contributed by atoms with Gasteiger partial charge in [-0.3, -0.25) is 4.79 Å². The summed E-state index contributed by atoms with van der Waals surface area (Å²) in [6.07, 6.45) is 1.62. The van der Waals surface area contributed by atoms with Crippen LogP contribution in [-0.2, 0) is 9.47 Å². The fraction of sp³-hybridized carbons (Fsp3) is 0.533. The summed E-state index contributed by atoms with van der Waals surface area (Å²) in [4.78, 5) is 12.4. The molecule has 0 radical (unpaired) electrons. The first-order chi connectivity index (χ1) is 9.72. The second-order valence-electron chi connectivity index (χ2n) is 4.74. The second-order valence-corrected chi connectivity index (χ2v) is 5.59. The van der Waals surface area contributed by atoms with Crippen LogP contribution in [0.4, 0.5) is 0 Å². The second kappa shape index (κ2) is 7.76. The van der Waals surface area contributed by atoms with Crippen molar-refractivity contribution in [3.8, 4) is 5.75 Å². The number of rotatable bonds is 6. The van der Waals surface area contributed by atoms with Crippen LogP contribution in [0, 0.1) is 5.92 Å². The highest BCUT2D eigenvalue weighted by Gasteiger charge is 2.23. The first kappa shape index (κ1) is 15.5. The molecule has 0 atom stereocenters. The lowest BCUT2D eigenvalue weighted by atomic mass is 9.91. The van der Waals surface area contributed by atoms with E-state index in [9.17, 15) is 4.79 Å². The average molecular weight is 343 g/mol. The van der Waals surface area contributed by atoms with Crippen molar-refractivity contribution < 1.29 is 19.0 Å². The summed E-state index contributed by atoms with van der Waals surface area (Å²) in [5, 5.41) is 0. The lowest BCUT2D eigenvalue weighted by molar-refractivity contribution is 0.0545. The molecule has 1 fully saturated rings. The van der Waals surface area contributed by atoms with Gasteiger partial charge in [0.25, 0.3) is 0 Å². The van der Waals surface area contributed by atoms with E-state index in [1.165, 1.54) is 0 Å². The van der Waals surface area contributed by atoms with E-state index in [1.54, 1.807) is 7.11 Å². The van der Waals surface area contributed by atoms with Gasteiger partial charge in [0.15, 0.2) is 5.78 Å². The number of halogens is 1. The van der Waals surface area contributed by atoms with Gasteiger partial charge in [0, 0.05) is 31.8 Å². The molecule has 4 nitrogen and oxygen atoms in total. The predicted molar refractivity (Wildman–Crippen MR) is 79.4 cm³/mol. The van der Waals surface area contributed by atoms with E-state index in [2.05, 4.69) is 15.9 Å². The number of carbonyl (C=O) groups excluding carboxylic acids is 1. The van der Waals surface area contributed by atoms with Gasteiger partial charge in [0.1, 0.15) is 12.4 Å². The quantitative estimate of drug-likeness (QED) is 0.588. The lowest BCUT2D eigenvalue weighted by Gasteiger charge is -2.21. The Labute approximate surface area is 127 Å². The van der Waals surface area contributed by atoms with Gasteiger partial charge in [0.05, 0.1) is 11.1 Å². The summed E-state index contributed by atoms with van der Waals surface area (Å²) < 4.78 is 16.6. The van der Waals surface area contributed by atoms with Gasteiger partial charge in [-0.2, -0.15) is 0 Å². The number of hydrogen-bond acceptors (Lipinski definition) is 4. The smallest absolute Gasteiger partial charge is 0.166 e. The number of hydrogen-bond donors (Lipinski definition) is 0. The van der Waals surface area contributed by atoms with Gasteiger partial charge >= 0.3 is 0 Å². The molecule has 0 spiro atoms. The zero-order chi connectivity index (χ0) is 14.4. The Bertz CT molecular complexity index is 455. The van der Waals surface area contributed by atoms with Crippen molar-refractivity contribution in [3.63, 3.8) is 0 Å². The molecule has 0 amide bonds. The largest absolute Gasteiger partial charge is 0.490 e. The van der Waals surface area contributed by atoms with Gasteiger partial charge in [-0.25, -0.2) is 0 Å². The Kier molecular flexibility index (Phi) is 6.01. The fourth-order valence-electron chi connectivity index (χ4n) is 2.20. The molecule has 0 N–H and O–H groups in total. The summed E-state index contributed by atoms with van der Waals surface area (Å²) in [5.41, 5.74) is 0.725. The number of carbonyl (C=O) groups is 1. The molecule has 1 heterocycles. The minimum Gasteiger partial charge on any atom is -0.490 e. The summed E-state index contributed by atoms with van der Waals surface area (Å²) in [6.45, 7) is 2.38. The first-order valence-corrected chi connectivity index (χ1v) is 7.55. The molecular weight excluding hydrogens is 324 g/mol. The maximum Gasteiger partial charge on any atom is 0.166 e. The van der Waals surface area contributed by atoms with Gasteiger partial charge in [-0.05, 0) is 47.0 Å². The molecule has 1 saturated heterocycles. The number of ketones is 1. The zero-order valence-corrected chi connectivity index (χ0v) is 13.1. The Morgan fingerprint density at radius 3 is 2.75 bits per heavy atom. The van der Waals surface area contributed by atoms with E-state index in [0.29, 0.717) is 26.4 Å². The Morgan fingerprint density at radius 1 is 1.35 bits per heavy atom. The van der Waals surface area contributed by atoms with E-state index in [4.69, 9.17) is 14.2 Å². The van der Waals surface area contributed by atoms with Crippen LogP contribution in [0.25, 0.3) is 0 Å². The summed E-state index contributed by atoms with van der Waals surface area (Å²) in [6, 6.07) is 5.48. The van der Waals surface area contributed by atoms with Crippen molar-refractivity contribution >= 4 is 21.7 Å². The average Bonchev–Trinajstić information content (AvgIpc) is 2.49. The molecule has 0 aromatic heterocycles. The molecule has 0 bridgehead atoms. The van der Waals surface area contributed by atoms with Crippen LogP contribution in [0.3, 0.4) is 0 Å². The summed E-state index contributed by atoms with van der Waals surface area (Å²) in [7, 11) is 1.63. The SMILES string of the molecule is COCCOc1ccc(C(=O)C2CCOCC2)cc1Br. The lowest BCUT2D eigenvalue weighted by Crippen LogP contribution is -2.23. The van der Waals surface area contributed by atoms with Crippen LogP contribution in [0.15, 0.2) is 22.7 Å². The van der Waals surface area contributed by atoms with Gasteiger partial charge in [0.2, 0.25) is 0 Å². The number of methoxy groups -OCH3 is 1. The molecule has 0 aliphatic carbocycles.